The first-order valence-electron chi connectivity index (χ1n) is 7.33. The largest absolute Gasteiger partial charge is 0.338 e. The van der Waals surface area contributed by atoms with Crippen LogP contribution in [0, 0.1) is 5.82 Å². The van der Waals surface area contributed by atoms with Crippen molar-refractivity contribution in [2.24, 2.45) is 0 Å². The Hall–Kier alpha value is -2.22. The lowest BCUT2D eigenvalue weighted by Gasteiger charge is -2.01. The van der Waals surface area contributed by atoms with E-state index in [2.05, 4.69) is 32.2 Å². The van der Waals surface area contributed by atoms with E-state index >= 15 is 0 Å². The fraction of sp³-hybridized carbons (Fsp3) is 0.333. The quantitative estimate of drug-likeness (QED) is 0.691. The molecule has 0 saturated carbocycles. The minimum Gasteiger partial charge on any atom is -0.338 e. The van der Waals surface area contributed by atoms with Gasteiger partial charge in [0, 0.05) is 6.42 Å². The van der Waals surface area contributed by atoms with Crippen LogP contribution in [0.5, 0.6) is 0 Å². The van der Waals surface area contributed by atoms with Crippen LogP contribution in [0.4, 0.5) is 4.39 Å². The van der Waals surface area contributed by atoms with Gasteiger partial charge in [-0.2, -0.15) is 4.98 Å². The predicted molar refractivity (Wildman–Crippen MR) is 84.3 cm³/mol. The Balaban J connectivity index is 1.72. The van der Waals surface area contributed by atoms with Gasteiger partial charge in [-0.25, -0.2) is 9.37 Å². The summed E-state index contributed by atoms with van der Waals surface area (Å²) in [4.78, 5) is 8.67. The first-order valence-corrected chi connectivity index (χ1v) is 8.21. The maximum atomic E-state index is 13.8. The maximum absolute atomic E-state index is 13.8. The molecule has 0 radical (unpaired) electrons. The van der Waals surface area contributed by atoms with Crippen LogP contribution in [0.2, 0.25) is 0 Å². The number of hydrogen-bond acceptors (Lipinski definition) is 6. The standard InChI is InChI=1S/C15H16FN5OS/c1-3-6-12-17-14(22-21-12)9(2)23-15-18-13(19-20-15)10-7-4-5-8-11(10)16/h4-5,7-9H,3,6H2,1-2H3,(H,18,19,20)/t9-/m0/s1. The normalized spacial score (nSPS) is 12.5. The summed E-state index contributed by atoms with van der Waals surface area (Å²) < 4.78 is 19.0. The third-order valence-corrected chi connectivity index (χ3v) is 4.13. The Morgan fingerprint density at radius 2 is 2.13 bits per heavy atom. The number of nitrogens with zero attached hydrogens (tertiary/aromatic N) is 4. The highest BCUT2D eigenvalue weighted by molar-refractivity contribution is 7.99. The van der Waals surface area contributed by atoms with Crippen LogP contribution in [0.15, 0.2) is 33.9 Å². The molecule has 0 aliphatic carbocycles. The summed E-state index contributed by atoms with van der Waals surface area (Å²) in [6.45, 7) is 4.00. The Labute approximate surface area is 136 Å². The van der Waals surface area contributed by atoms with Crippen LogP contribution in [-0.4, -0.2) is 25.3 Å². The number of thioether (sulfide) groups is 1. The molecule has 1 aromatic carbocycles. The summed E-state index contributed by atoms with van der Waals surface area (Å²) in [6, 6.07) is 6.43. The topological polar surface area (TPSA) is 80.5 Å². The van der Waals surface area contributed by atoms with Crippen molar-refractivity contribution >= 4 is 11.8 Å². The van der Waals surface area contributed by atoms with Crippen LogP contribution in [0.1, 0.15) is 37.2 Å². The molecule has 1 N–H and O–H groups in total. The van der Waals surface area contributed by atoms with Crippen molar-refractivity contribution in [2.45, 2.75) is 37.1 Å². The maximum Gasteiger partial charge on any atom is 0.239 e. The number of hydrogen-bond donors (Lipinski definition) is 1. The van der Waals surface area contributed by atoms with Gasteiger partial charge < -0.3 is 4.52 Å². The fourth-order valence-electron chi connectivity index (χ4n) is 2.04. The number of aryl methyl sites for hydroxylation is 1. The van der Waals surface area contributed by atoms with Gasteiger partial charge in [0.15, 0.2) is 11.6 Å². The van der Waals surface area contributed by atoms with E-state index in [1.165, 1.54) is 17.8 Å². The number of aromatic nitrogens is 5. The van der Waals surface area contributed by atoms with Gasteiger partial charge in [-0.1, -0.05) is 36.0 Å². The number of aromatic amines is 1. The minimum atomic E-state index is -0.339. The molecule has 0 fully saturated rings. The molecule has 2 heterocycles. The van der Waals surface area contributed by atoms with Gasteiger partial charge >= 0.3 is 0 Å². The van der Waals surface area contributed by atoms with Crippen molar-refractivity contribution in [1.29, 1.82) is 0 Å². The summed E-state index contributed by atoms with van der Waals surface area (Å²) in [6.07, 6.45) is 1.76. The lowest BCUT2D eigenvalue weighted by Crippen LogP contribution is -1.91. The molecule has 6 nitrogen and oxygen atoms in total. The molecule has 0 bridgehead atoms. The average Bonchev–Trinajstić information content (AvgIpc) is 3.18. The van der Waals surface area contributed by atoms with Crippen molar-refractivity contribution in [3.05, 3.63) is 41.8 Å². The number of rotatable bonds is 6. The van der Waals surface area contributed by atoms with Gasteiger partial charge in [-0.15, -0.1) is 5.10 Å². The van der Waals surface area contributed by atoms with Crippen molar-refractivity contribution < 1.29 is 8.91 Å². The Morgan fingerprint density at radius 1 is 1.30 bits per heavy atom. The van der Waals surface area contributed by atoms with E-state index in [-0.39, 0.29) is 11.1 Å². The van der Waals surface area contributed by atoms with E-state index in [4.69, 9.17) is 4.52 Å². The van der Waals surface area contributed by atoms with Gasteiger partial charge in [0.05, 0.1) is 10.8 Å². The third kappa shape index (κ3) is 3.58. The Morgan fingerprint density at radius 3 is 2.91 bits per heavy atom. The zero-order valence-electron chi connectivity index (χ0n) is 12.8. The average molecular weight is 333 g/mol. The van der Waals surface area contributed by atoms with Gasteiger partial charge in [0.1, 0.15) is 5.82 Å². The Kier molecular flexibility index (Phi) is 4.71. The highest BCUT2D eigenvalue weighted by Gasteiger charge is 2.18. The molecule has 3 rings (SSSR count). The van der Waals surface area contributed by atoms with E-state index in [9.17, 15) is 4.39 Å². The second-order valence-electron chi connectivity index (χ2n) is 5.01. The number of halogens is 1. The fourth-order valence-corrected chi connectivity index (χ4v) is 2.79. The molecule has 0 spiro atoms. The van der Waals surface area contributed by atoms with Crippen molar-refractivity contribution in [3.8, 4) is 11.4 Å². The molecule has 0 aliphatic rings. The van der Waals surface area contributed by atoms with E-state index in [1.54, 1.807) is 18.2 Å². The van der Waals surface area contributed by atoms with E-state index in [1.807, 2.05) is 6.92 Å². The van der Waals surface area contributed by atoms with Crippen LogP contribution in [-0.2, 0) is 6.42 Å². The minimum absolute atomic E-state index is 0.0858. The third-order valence-electron chi connectivity index (χ3n) is 3.18. The SMILES string of the molecule is CCCc1noc([C@H](C)Sc2n[nH]c(-c3ccccc3F)n2)n1. The van der Waals surface area contributed by atoms with E-state index in [0.717, 1.165) is 12.8 Å². The van der Waals surface area contributed by atoms with Crippen molar-refractivity contribution in [3.63, 3.8) is 0 Å². The first-order chi connectivity index (χ1) is 11.2. The molecular weight excluding hydrogens is 317 g/mol. The molecule has 23 heavy (non-hydrogen) atoms. The van der Waals surface area contributed by atoms with E-state index < -0.39 is 0 Å². The van der Waals surface area contributed by atoms with Crippen molar-refractivity contribution in [1.82, 2.24) is 25.3 Å². The highest BCUT2D eigenvalue weighted by atomic mass is 32.2. The van der Waals surface area contributed by atoms with E-state index in [0.29, 0.717) is 28.3 Å². The van der Waals surface area contributed by atoms with Gasteiger partial charge in [0.25, 0.3) is 0 Å². The predicted octanol–water partition coefficient (Wildman–Crippen LogP) is 3.80. The van der Waals surface area contributed by atoms with Crippen LogP contribution in [0.25, 0.3) is 11.4 Å². The zero-order chi connectivity index (χ0) is 16.2. The molecule has 8 heteroatoms. The summed E-state index contributed by atoms with van der Waals surface area (Å²) in [5.74, 6) is 1.30. The van der Waals surface area contributed by atoms with Crippen LogP contribution in [0.3, 0.4) is 0 Å². The smallest absolute Gasteiger partial charge is 0.239 e. The van der Waals surface area contributed by atoms with Crippen LogP contribution >= 0.6 is 11.8 Å². The molecular formula is C15H16FN5OS. The highest BCUT2D eigenvalue weighted by Crippen LogP contribution is 2.32. The first kappa shape index (κ1) is 15.7. The molecule has 2 aromatic heterocycles. The summed E-state index contributed by atoms with van der Waals surface area (Å²) in [5, 5.41) is 11.2. The lowest BCUT2D eigenvalue weighted by atomic mass is 10.2. The summed E-state index contributed by atoms with van der Waals surface area (Å²) in [5.41, 5.74) is 0.391. The van der Waals surface area contributed by atoms with Gasteiger partial charge in [-0.05, 0) is 25.5 Å². The molecule has 0 unspecified atom stereocenters. The second kappa shape index (κ2) is 6.91. The van der Waals surface area contributed by atoms with Gasteiger partial charge in [0.2, 0.25) is 11.0 Å². The molecule has 0 saturated heterocycles. The Bertz CT molecular complexity index is 788. The number of H-pyrrole nitrogens is 1. The molecule has 3 aromatic rings. The zero-order valence-corrected chi connectivity index (χ0v) is 13.6. The molecule has 0 aliphatic heterocycles. The lowest BCUT2D eigenvalue weighted by molar-refractivity contribution is 0.374. The number of benzene rings is 1. The van der Waals surface area contributed by atoms with Crippen molar-refractivity contribution in [2.75, 3.05) is 0 Å². The molecule has 0 amide bonds. The molecule has 1 atom stereocenters. The monoisotopic (exact) mass is 333 g/mol. The number of nitrogens with one attached hydrogen (secondary N) is 1. The van der Waals surface area contributed by atoms with Gasteiger partial charge in [-0.3, -0.25) is 5.10 Å². The second-order valence-corrected chi connectivity index (χ2v) is 6.31. The molecule has 120 valence electrons. The summed E-state index contributed by atoms with van der Waals surface area (Å²) >= 11 is 1.38. The summed E-state index contributed by atoms with van der Waals surface area (Å²) in [7, 11) is 0. The van der Waals surface area contributed by atoms with Crippen LogP contribution < -0.4 is 0 Å².